The zero-order chi connectivity index (χ0) is 12.4. The highest BCUT2D eigenvalue weighted by Crippen LogP contribution is 2.54. The fourth-order valence-electron chi connectivity index (χ4n) is 4.58. The Hall–Kier alpha value is -1.26. The molecular formula is C15H19N3O. The largest absolute Gasteiger partial charge is 0.275 e. The lowest BCUT2D eigenvalue weighted by molar-refractivity contribution is -0.225. The van der Waals surface area contributed by atoms with Crippen LogP contribution in [0.5, 0.6) is 0 Å². The van der Waals surface area contributed by atoms with Gasteiger partial charge >= 0.3 is 0 Å². The smallest absolute Gasteiger partial charge is 0.116 e. The van der Waals surface area contributed by atoms with Crippen molar-refractivity contribution in [2.45, 2.75) is 37.7 Å². The SMILES string of the molecule is c1ccc2c(c1)NN1OC3(CC4CCC3CC4)CN21. The predicted octanol–water partition coefficient (Wildman–Crippen LogP) is 2.94. The molecule has 1 aromatic carbocycles. The van der Waals surface area contributed by atoms with Gasteiger partial charge in [-0.15, -0.1) is 0 Å². The second-order valence-electron chi connectivity index (χ2n) is 6.54. The summed E-state index contributed by atoms with van der Waals surface area (Å²) in [6.07, 6.45) is 6.79. The molecule has 2 aliphatic heterocycles. The van der Waals surface area contributed by atoms with Crippen molar-refractivity contribution in [2.75, 3.05) is 17.0 Å². The molecule has 0 aromatic heterocycles. The Morgan fingerprint density at radius 3 is 2.79 bits per heavy atom. The van der Waals surface area contributed by atoms with Crippen LogP contribution in [-0.2, 0) is 4.84 Å². The van der Waals surface area contributed by atoms with Crippen LogP contribution in [0.25, 0.3) is 0 Å². The molecule has 0 amide bonds. The van der Waals surface area contributed by atoms with Crippen molar-refractivity contribution in [3.8, 4) is 0 Å². The van der Waals surface area contributed by atoms with E-state index in [1.54, 1.807) is 0 Å². The van der Waals surface area contributed by atoms with E-state index in [1.807, 2.05) is 5.28 Å². The number of nitrogens with zero attached hydrogens (tertiary/aromatic N) is 2. The first-order chi connectivity index (χ1) is 9.34. The summed E-state index contributed by atoms with van der Waals surface area (Å²) < 4.78 is 0. The van der Waals surface area contributed by atoms with Gasteiger partial charge in [0.25, 0.3) is 0 Å². The maximum atomic E-state index is 6.38. The highest BCUT2D eigenvalue weighted by Gasteiger charge is 2.57. The van der Waals surface area contributed by atoms with Crippen molar-refractivity contribution in [3.63, 3.8) is 0 Å². The molecule has 2 bridgehead atoms. The van der Waals surface area contributed by atoms with Crippen LogP contribution < -0.4 is 10.4 Å². The van der Waals surface area contributed by atoms with Crippen molar-refractivity contribution in [1.29, 1.82) is 0 Å². The average Bonchev–Trinajstić information content (AvgIpc) is 2.94. The summed E-state index contributed by atoms with van der Waals surface area (Å²) in [5.74, 6) is 1.64. The highest BCUT2D eigenvalue weighted by molar-refractivity contribution is 5.73. The van der Waals surface area contributed by atoms with Crippen LogP contribution in [0.4, 0.5) is 11.4 Å². The monoisotopic (exact) mass is 257 g/mol. The van der Waals surface area contributed by atoms with E-state index in [1.165, 1.54) is 37.8 Å². The van der Waals surface area contributed by atoms with Gasteiger partial charge in [-0.05, 0) is 56.1 Å². The fraction of sp³-hybridized carbons (Fsp3) is 0.600. The molecule has 4 nitrogen and oxygen atoms in total. The molecule has 0 radical (unpaired) electrons. The molecule has 19 heavy (non-hydrogen) atoms. The molecule has 1 atom stereocenters. The molecule has 2 heterocycles. The van der Waals surface area contributed by atoms with E-state index in [2.05, 4.69) is 34.7 Å². The van der Waals surface area contributed by atoms with E-state index in [4.69, 9.17) is 4.84 Å². The summed E-state index contributed by atoms with van der Waals surface area (Å²) in [6.45, 7) is 1.01. The summed E-state index contributed by atoms with van der Waals surface area (Å²) in [6, 6.07) is 8.44. The second kappa shape index (κ2) is 3.44. The minimum Gasteiger partial charge on any atom is -0.275 e. The minimum atomic E-state index is 0.0711. The molecule has 1 unspecified atom stereocenters. The number of hydrogen-bond acceptors (Lipinski definition) is 4. The van der Waals surface area contributed by atoms with Gasteiger partial charge in [0.05, 0.1) is 17.9 Å². The Balaban J connectivity index is 1.50. The molecule has 1 saturated heterocycles. The van der Waals surface area contributed by atoms with Gasteiger partial charge in [0.15, 0.2) is 0 Å². The van der Waals surface area contributed by atoms with Gasteiger partial charge in [0.1, 0.15) is 5.60 Å². The molecule has 3 saturated carbocycles. The molecule has 4 fully saturated rings. The minimum absolute atomic E-state index is 0.0711. The summed E-state index contributed by atoms with van der Waals surface area (Å²) in [4.78, 5) is 6.38. The summed E-state index contributed by atoms with van der Waals surface area (Å²) in [5, 5.41) is 4.15. The van der Waals surface area contributed by atoms with Gasteiger partial charge in [0.2, 0.25) is 0 Å². The number of fused-ring (bicyclic) bond motifs is 5. The van der Waals surface area contributed by atoms with Crippen molar-refractivity contribution in [3.05, 3.63) is 24.3 Å². The molecule has 1 aromatic rings. The summed E-state index contributed by atoms with van der Waals surface area (Å²) in [5.41, 5.74) is 5.84. The van der Waals surface area contributed by atoms with E-state index < -0.39 is 0 Å². The molecule has 1 N–H and O–H groups in total. The van der Waals surface area contributed by atoms with Gasteiger partial charge in [0, 0.05) is 5.28 Å². The Bertz CT molecular complexity index is 526. The first-order valence-corrected chi connectivity index (χ1v) is 7.46. The molecule has 4 heteroatoms. The number of para-hydroxylation sites is 2. The lowest BCUT2D eigenvalue weighted by atomic mass is 9.62. The van der Waals surface area contributed by atoms with Crippen molar-refractivity contribution < 1.29 is 4.84 Å². The van der Waals surface area contributed by atoms with Crippen molar-refractivity contribution in [2.24, 2.45) is 11.8 Å². The van der Waals surface area contributed by atoms with Crippen LogP contribution in [0.2, 0.25) is 0 Å². The molecule has 100 valence electrons. The van der Waals surface area contributed by atoms with Crippen LogP contribution >= 0.6 is 0 Å². The first kappa shape index (κ1) is 10.5. The standard InChI is InChI=1S/C15H19N3O/c1-2-4-14-13(3-1)16-18-17(14)10-15(19-18)9-11-5-7-12(15)8-6-11/h1-4,11-12,16H,5-10H2. The number of hydrogen-bond donors (Lipinski definition) is 1. The maximum Gasteiger partial charge on any atom is 0.116 e. The van der Waals surface area contributed by atoms with Crippen molar-refractivity contribution >= 4 is 11.4 Å². The average molecular weight is 257 g/mol. The fourth-order valence-corrected chi connectivity index (χ4v) is 4.58. The normalized spacial score (nSPS) is 39.5. The molecular weight excluding hydrogens is 238 g/mol. The molecule has 3 aliphatic carbocycles. The number of hydrazine groups is 2. The third-order valence-electron chi connectivity index (χ3n) is 5.53. The lowest BCUT2D eigenvalue weighted by Crippen LogP contribution is -2.50. The van der Waals surface area contributed by atoms with Gasteiger partial charge in [-0.2, -0.15) is 0 Å². The molecule has 6 rings (SSSR count). The Labute approximate surface area is 113 Å². The number of benzene rings is 1. The molecule has 1 spiro atoms. The van der Waals surface area contributed by atoms with E-state index in [0.29, 0.717) is 0 Å². The topological polar surface area (TPSA) is 27.7 Å². The van der Waals surface area contributed by atoms with Crippen LogP contribution in [0.3, 0.4) is 0 Å². The Kier molecular flexibility index (Phi) is 1.90. The van der Waals surface area contributed by atoms with Gasteiger partial charge in [-0.3, -0.25) is 15.3 Å². The zero-order valence-corrected chi connectivity index (χ0v) is 11.0. The predicted molar refractivity (Wildman–Crippen MR) is 73.1 cm³/mol. The summed E-state index contributed by atoms with van der Waals surface area (Å²) in [7, 11) is 0. The molecule has 5 aliphatic rings. The van der Waals surface area contributed by atoms with Gasteiger partial charge < -0.3 is 0 Å². The quantitative estimate of drug-likeness (QED) is 0.773. The summed E-state index contributed by atoms with van der Waals surface area (Å²) >= 11 is 0. The van der Waals surface area contributed by atoms with E-state index in [9.17, 15) is 0 Å². The van der Waals surface area contributed by atoms with Gasteiger partial charge in [-0.25, -0.2) is 0 Å². The maximum absolute atomic E-state index is 6.38. The second-order valence-corrected chi connectivity index (χ2v) is 6.54. The number of anilines is 2. The van der Waals surface area contributed by atoms with Crippen LogP contribution in [0, 0.1) is 11.8 Å². The third kappa shape index (κ3) is 1.31. The third-order valence-corrected chi connectivity index (χ3v) is 5.53. The van der Waals surface area contributed by atoms with Crippen LogP contribution in [0.1, 0.15) is 32.1 Å². The van der Waals surface area contributed by atoms with Crippen LogP contribution in [0.15, 0.2) is 24.3 Å². The Morgan fingerprint density at radius 1 is 1.16 bits per heavy atom. The highest BCUT2D eigenvalue weighted by atomic mass is 16.8. The zero-order valence-electron chi connectivity index (χ0n) is 11.0. The van der Waals surface area contributed by atoms with Crippen LogP contribution in [-0.4, -0.2) is 17.4 Å². The van der Waals surface area contributed by atoms with Crippen molar-refractivity contribution in [1.82, 2.24) is 5.28 Å². The lowest BCUT2D eigenvalue weighted by Gasteiger charge is -2.47. The van der Waals surface area contributed by atoms with E-state index in [0.717, 1.165) is 24.1 Å². The Morgan fingerprint density at radius 2 is 2.00 bits per heavy atom. The van der Waals surface area contributed by atoms with E-state index >= 15 is 0 Å². The first-order valence-electron chi connectivity index (χ1n) is 7.46. The number of rotatable bonds is 0. The number of nitrogens with one attached hydrogen (secondary N) is 1. The van der Waals surface area contributed by atoms with Gasteiger partial charge in [-0.1, -0.05) is 12.1 Å². The van der Waals surface area contributed by atoms with E-state index in [-0.39, 0.29) is 5.60 Å².